The first-order valence-electron chi connectivity index (χ1n) is 8.95. The zero-order valence-corrected chi connectivity index (χ0v) is 15.6. The van der Waals surface area contributed by atoms with Crippen LogP contribution in [0.5, 0.6) is 0 Å². The Hall–Kier alpha value is -3.05. The third-order valence-electron chi connectivity index (χ3n) is 5.12. The van der Waals surface area contributed by atoms with Gasteiger partial charge in [0.25, 0.3) is 0 Å². The second-order valence-corrected chi connectivity index (χ2v) is 7.26. The molecule has 0 bridgehead atoms. The molecule has 0 saturated heterocycles. The zero-order valence-electron chi connectivity index (χ0n) is 14.9. The Labute approximate surface area is 169 Å². The molecule has 2 nitrogen and oxygen atoms in total. The third kappa shape index (κ3) is 2.93. The molecule has 3 aromatic rings. The summed E-state index contributed by atoms with van der Waals surface area (Å²) in [4.78, 5) is 4.70. The molecule has 0 N–H and O–H groups in total. The van der Waals surface area contributed by atoms with E-state index in [1.54, 1.807) is 42.5 Å². The summed E-state index contributed by atoms with van der Waals surface area (Å²) < 4.78 is 46.7. The van der Waals surface area contributed by atoms with Crippen LogP contribution in [0.4, 0.5) is 18.9 Å². The van der Waals surface area contributed by atoms with Crippen LogP contribution in [0.1, 0.15) is 17.0 Å². The van der Waals surface area contributed by atoms with Crippen molar-refractivity contribution in [2.75, 3.05) is 0 Å². The Morgan fingerprint density at radius 1 is 0.966 bits per heavy atom. The summed E-state index contributed by atoms with van der Waals surface area (Å²) in [7, 11) is 0. The van der Waals surface area contributed by atoms with E-state index >= 15 is 0 Å². The first-order chi connectivity index (χ1) is 13.9. The molecular formula is C23H13ClF3NO. The van der Waals surface area contributed by atoms with Crippen LogP contribution in [-0.4, -0.2) is 11.9 Å². The van der Waals surface area contributed by atoms with Gasteiger partial charge in [-0.1, -0.05) is 48.0 Å². The number of hydrogen-bond donors (Lipinski definition) is 0. The van der Waals surface area contributed by atoms with Crippen LogP contribution in [0.2, 0.25) is 5.02 Å². The monoisotopic (exact) mass is 411 g/mol. The average molecular weight is 412 g/mol. The van der Waals surface area contributed by atoms with Gasteiger partial charge < -0.3 is 4.42 Å². The Morgan fingerprint density at radius 2 is 1.79 bits per heavy atom. The lowest BCUT2D eigenvalue weighted by atomic mass is 9.81. The van der Waals surface area contributed by atoms with Crippen LogP contribution >= 0.6 is 11.6 Å². The summed E-state index contributed by atoms with van der Waals surface area (Å²) in [6.07, 6.45) is -0.582. The van der Waals surface area contributed by atoms with Crippen LogP contribution in [-0.2, 0) is 0 Å². The van der Waals surface area contributed by atoms with E-state index in [-0.39, 0.29) is 0 Å². The molecule has 0 radical (unpaired) electrons. The Bertz CT molecular complexity index is 1200. The predicted molar refractivity (Wildman–Crippen MR) is 108 cm³/mol. The summed E-state index contributed by atoms with van der Waals surface area (Å²) >= 11 is 6.33. The number of nitrogens with zero attached hydrogens (tertiary/aromatic N) is 1. The molecule has 2 aliphatic rings. The van der Waals surface area contributed by atoms with Gasteiger partial charge in [0.1, 0.15) is 5.76 Å². The van der Waals surface area contributed by atoms with Gasteiger partial charge in [-0.15, -0.1) is 0 Å². The first kappa shape index (κ1) is 18.0. The summed E-state index contributed by atoms with van der Waals surface area (Å²) in [5.41, 5.74) is 2.86. The highest BCUT2D eigenvalue weighted by Gasteiger charge is 2.40. The number of alkyl halides is 3. The topological polar surface area (TPSA) is 25.5 Å². The van der Waals surface area contributed by atoms with Crippen LogP contribution in [0.25, 0.3) is 16.9 Å². The van der Waals surface area contributed by atoms with Crippen molar-refractivity contribution in [2.45, 2.75) is 12.1 Å². The molecule has 0 amide bonds. The van der Waals surface area contributed by atoms with Crippen LogP contribution in [0, 0.1) is 0 Å². The van der Waals surface area contributed by atoms with Crippen molar-refractivity contribution in [3.63, 3.8) is 0 Å². The SMILES string of the molecule is FC(F)(F)C1=CC(c2ccccc2Cl)C2=Nc3cccc(-c4ccco4)c3C2=C1. The second kappa shape index (κ2) is 6.49. The molecule has 1 aliphatic carbocycles. The molecule has 0 saturated carbocycles. The lowest BCUT2D eigenvalue weighted by Gasteiger charge is -2.24. The normalized spacial score (nSPS) is 17.9. The number of hydrogen-bond acceptors (Lipinski definition) is 2. The molecule has 1 aromatic heterocycles. The summed E-state index contributed by atoms with van der Waals surface area (Å²) in [6, 6.07) is 15.9. The van der Waals surface area contributed by atoms with Gasteiger partial charge in [0.2, 0.25) is 0 Å². The van der Waals surface area contributed by atoms with Gasteiger partial charge in [-0.25, -0.2) is 0 Å². The molecule has 144 valence electrons. The fourth-order valence-electron chi connectivity index (χ4n) is 3.86. The highest BCUT2D eigenvalue weighted by molar-refractivity contribution is 6.36. The zero-order chi connectivity index (χ0) is 20.2. The molecule has 1 unspecified atom stereocenters. The van der Waals surface area contributed by atoms with E-state index in [0.29, 0.717) is 44.4 Å². The highest BCUT2D eigenvalue weighted by Crippen LogP contribution is 2.49. The molecule has 1 aliphatic heterocycles. The maximum atomic E-state index is 13.7. The Balaban J connectivity index is 1.74. The number of aliphatic imine (C=N–C) groups is 1. The van der Waals surface area contributed by atoms with Gasteiger partial charge >= 0.3 is 6.18 Å². The van der Waals surface area contributed by atoms with E-state index in [1.807, 2.05) is 12.1 Å². The van der Waals surface area contributed by atoms with E-state index in [2.05, 4.69) is 0 Å². The number of allylic oxidation sites excluding steroid dienone is 4. The van der Waals surface area contributed by atoms with Crippen molar-refractivity contribution in [3.8, 4) is 11.3 Å². The highest BCUT2D eigenvalue weighted by atomic mass is 35.5. The van der Waals surface area contributed by atoms with Crippen LogP contribution < -0.4 is 0 Å². The summed E-state index contributed by atoms with van der Waals surface area (Å²) in [5, 5.41) is 0.404. The van der Waals surface area contributed by atoms with E-state index in [4.69, 9.17) is 21.0 Å². The predicted octanol–water partition coefficient (Wildman–Crippen LogP) is 7.36. The van der Waals surface area contributed by atoms with Crippen molar-refractivity contribution in [1.29, 1.82) is 0 Å². The summed E-state index contributed by atoms with van der Waals surface area (Å²) in [5.74, 6) is -0.117. The minimum Gasteiger partial charge on any atom is -0.464 e. The van der Waals surface area contributed by atoms with Gasteiger partial charge in [-0.05, 0) is 35.9 Å². The van der Waals surface area contributed by atoms with Gasteiger partial charge in [-0.2, -0.15) is 13.2 Å². The Kier molecular flexibility index (Phi) is 4.03. The maximum Gasteiger partial charge on any atom is 0.416 e. The maximum absolute atomic E-state index is 13.7. The summed E-state index contributed by atoms with van der Waals surface area (Å²) in [6.45, 7) is 0. The third-order valence-corrected chi connectivity index (χ3v) is 5.47. The van der Waals surface area contributed by atoms with Crippen molar-refractivity contribution in [3.05, 3.63) is 94.7 Å². The van der Waals surface area contributed by atoms with Crippen molar-refractivity contribution < 1.29 is 17.6 Å². The molecule has 5 rings (SSSR count). The standard InChI is InChI=1S/C23H13ClF3NO/c24-18-7-2-1-5-14(18)16-11-13(23(25,26)27)12-17-21-15(20-9-4-10-29-20)6-3-8-19(21)28-22(16)17/h1-12,16H. The van der Waals surface area contributed by atoms with Crippen LogP contribution in [0.3, 0.4) is 0 Å². The van der Waals surface area contributed by atoms with E-state index in [9.17, 15) is 13.2 Å². The molecule has 2 aromatic carbocycles. The molecule has 6 heteroatoms. The molecule has 2 heterocycles. The number of fused-ring (bicyclic) bond motifs is 3. The lowest BCUT2D eigenvalue weighted by molar-refractivity contribution is -0.0884. The van der Waals surface area contributed by atoms with E-state index in [1.165, 1.54) is 18.4 Å². The molecule has 1 atom stereocenters. The van der Waals surface area contributed by atoms with Crippen molar-refractivity contribution in [1.82, 2.24) is 0 Å². The lowest BCUT2D eigenvalue weighted by Crippen LogP contribution is -2.21. The minimum atomic E-state index is -4.49. The van der Waals surface area contributed by atoms with Gasteiger partial charge in [0.05, 0.1) is 23.2 Å². The molecule has 0 spiro atoms. The number of rotatable bonds is 2. The largest absolute Gasteiger partial charge is 0.464 e. The number of halogens is 4. The van der Waals surface area contributed by atoms with E-state index in [0.717, 1.165) is 0 Å². The smallest absolute Gasteiger partial charge is 0.416 e. The van der Waals surface area contributed by atoms with Gasteiger partial charge in [-0.3, -0.25) is 4.99 Å². The number of furan rings is 1. The van der Waals surface area contributed by atoms with Crippen LogP contribution in [0.15, 0.2) is 88.0 Å². The fourth-order valence-corrected chi connectivity index (χ4v) is 4.11. The van der Waals surface area contributed by atoms with Crippen molar-refractivity contribution >= 4 is 28.6 Å². The van der Waals surface area contributed by atoms with E-state index < -0.39 is 17.7 Å². The first-order valence-corrected chi connectivity index (χ1v) is 9.32. The fraction of sp³-hybridized carbons (Fsp3) is 0.0870. The average Bonchev–Trinajstić information content (AvgIpc) is 3.35. The second-order valence-electron chi connectivity index (χ2n) is 6.85. The van der Waals surface area contributed by atoms with Gasteiger partial charge in [0.15, 0.2) is 0 Å². The Morgan fingerprint density at radius 3 is 2.52 bits per heavy atom. The quantitative estimate of drug-likeness (QED) is 0.432. The number of benzene rings is 2. The minimum absolute atomic E-state index is 0.404. The molecule has 0 fully saturated rings. The van der Waals surface area contributed by atoms with Gasteiger partial charge in [0, 0.05) is 27.6 Å². The van der Waals surface area contributed by atoms with Crippen molar-refractivity contribution in [2.24, 2.45) is 4.99 Å². The molecular weight excluding hydrogens is 399 g/mol. The molecule has 29 heavy (non-hydrogen) atoms.